The molecule has 0 aromatic carbocycles. The van der Waals surface area contributed by atoms with Gasteiger partial charge in [0.1, 0.15) is 5.82 Å². The van der Waals surface area contributed by atoms with Crippen molar-refractivity contribution in [2.24, 2.45) is 0 Å². The van der Waals surface area contributed by atoms with Gasteiger partial charge >= 0.3 is 0 Å². The van der Waals surface area contributed by atoms with E-state index in [9.17, 15) is 0 Å². The molecule has 0 saturated heterocycles. The molecule has 0 aliphatic heterocycles. The summed E-state index contributed by atoms with van der Waals surface area (Å²) in [5.74, 6) is 1.62. The Morgan fingerprint density at radius 2 is 2.27 bits per heavy atom. The van der Waals surface area contributed by atoms with Crippen molar-refractivity contribution in [3.8, 4) is 5.88 Å². The summed E-state index contributed by atoms with van der Waals surface area (Å²) in [4.78, 5) is 6.94. The standard InChI is InChI=1S/C11H17BrN2O/c1-4-15-11-7-5-6-10(13-11)14(3)8-9(2)12/h5-7,9H,4,8H2,1-3H3. The number of rotatable bonds is 5. The lowest BCUT2D eigenvalue weighted by molar-refractivity contribution is 0.327. The van der Waals surface area contributed by atoms with Gasteiger partial charge in [0.05, 0.1) is 6.61 Å². The molecule has 0 N–H and O–H groups in total. The normalized spacial score (nSPS) is 12.3. The molecule has 0 amide bonds. The third-order valence-electron chi connectivity index (χ3n) is 1.92. The number of alkyl halides is 1. The van der Waals surface area contributed by atoms with E-state index in [2.05, 4.69) is 32.7 Å². The molecule has 3 nitrogen and oxygen atoms in total. The highest BCUT2D eigenvalue weighted by Gasteiger charge is 2.06. The van der Waals surface area contributed by atoms with Crippen LogP contribution in [0.15, 0.2) is 18.2 Å². The van der Waals surface area contributed by atoms with Crippen LogP contribution < -0.4 is 9.64 Å². The molecule has 4 heteroatoms. The Labute approximate surface area is 99.6 Å². The number of hydrogen-bond acceptors (Lipinski definition) is 3. The zero-order valence-corrected chi connectivity index (χ0v) is 11.0. The van der Waals surface area contributed by atoms with E-state index in [1.54, 1.807) is 0 Å². The van der Waals surface area contributed by atoms with Gasteiger partial charge in [0, 0.05) is 24.5 Å². The van der Waals surface area contributed by atoms with Crippen LogP contribution in [0.2, 0.25) is 0 Å². The average Bonchev–Trinajstić information content (AvgIpc) is 2.17. The monoisotopic (exact) mass is 272 g/mol. The van der Waals surface area contributed by atoms with Crippen molar-refractivity contribution in [3.63, 3.8) is 0 Å². The van der Waals surface area contributed by atoms with E-state index in [1.165, 1.54) is 0 Å². The number of nitrogens with zero attached hydrogens (tertiary/aromatic N) is 2. The van der Waals surface area contributed by atoms with Gasteiger partial charge in [-0.1, -0.05) is 28.9 Å². The maximum Gasteiger partial charge on any atom is 0.215 e. The molecule has 1 heterocycles. The van der Waals surface area contributed by atoms with Crippen LogP contribution in [0.1, 0.15) is 13.8 Å². The molecule has 0 aliphatic rings. The minimum Gasteiger partial charge on any atom is -0.478 e. The van der Waals surface area contributed by atoms with Crippen molar-refractivity contribution in [2.45, 2.75) is 18.7 Å². The molecule has 1 aromatic rings. The van der Waals surface area contributed by atoms with Gasteiger partial charge in [0.15, 0.2) is 0 Å². The molecule has 1 atom stereocenters. The Morgan fingerprint density at radius 1 is 1.53 bits per heavy atom. The third-order valence-corrected chi connectivity index (χ3v) is 2.21. The lowest BCUT2D eigenvalue weighted by atomic mass is 10.4. The molecule has 15 heavy (non-hydrogen) atoms. The largest absolute Gasteiger partial charge is 0.478 e. The van der Waals surface area contributed by atoms with Crippen LogP contribution in [-0.2, 0) is 0 Å². The average molecular weight is 273 g/mol. The van der Waals surface area contributed by atoms with Crippen molar-refractivity contribution in [1.29, 1.82) is 0 Å². The Morgan fingerprint density at radius 3 is 2.87 bits per heavy atom. The van der Waals surface area contributed by atoms with Crippen molar-refractivity contribution >= 4 is 21.7 Å². The van der Waals surface area contributed by atoms with Crippen molar-refractivity contribution in [1.82, 2.24) is 4.98 Å². The lowest BCUT2D eigenvalue weighted by Gasteiger charge is -2.19. The summed E-state index contributed by atoms with van der Waals surface area (Å²) in [6.07, 6.45) is 0. The number of anilines is 1. The van der Waals surface area contributed by atoms with E-state index in [4.69, 9.17) is 4.74 Å². The SMILES string of the molecule is CCOc1cccc(N(C)CC(C)Br)n1. The van der Waals surface area contributed by atoms with Gasteiger partial charge in [-0.3, -0.25) is 0 Å². The Kier molecular flexibility index (Phi) is 4.88. The molecule has 0 fully saturated rings. The number of ether oxygens (including phenoxy) is 1. The first-order valence-corrected chi connectivity index (χ1v) is 6.00. The summed E-state index contributed by atoms with van der Waals surface area (Å²) in [5.41, 5.74) is 0. The van der Waals surface area contributed by atoms with Gasteiger partial charge in [-0.2, -0.15) is 4.98 Å². The molecule has 1 aromatic heterocycles. The summed E-state index contributed by atoms with van der Waals surface area (Å²) in [6.45, 7) is 5.64. The molecular weight excluding hydrogens is 256 g/mol. The fourth-order valence-corrected chi connectivity index (χ4v) is 1.75. The fraction of sp³-hybridized carbons (Fsp3) is 0.545. The minimum absolute atomic E-state index is 0.444. The zero-order chi connectivity index (χ0) is 11.3. The molecule has 1 rings (SSSR count). The minimum atomic E-state index is 0.444. The Hall–Kier alpha value is -0.770. The van der Waals surface area contributed by atoms with Crippen molar-refractivity contribution in [2.75, 3.05) is 25.1 Å². The second-order valence-electron chi connectivity index (χ2n) is 3.43. The number of halogens is 1. The van der Waals surface area contributed by atoms with E-state index in [0.717, 1.165) is 12.4 Å². The first kappa shape index (κ1) is 12.3. The lowest BCUT2D eigenvalue weighted by Crippen LogP contribution is -2.24. The predicted molar refractivity (Wildman–Crippen MR) is 67.1 cm³/mol. The van der Waals surface area contributed by atoms with E-state index >= 15 is 0 Å². The third kappa shape index (κ3) is 4.08. The number of hydrogen-bond donors (Lipinski definition) is 0. The topological polar surface area (TPSA) is 25.4 Å². The summed E-state index contributed by atoms with van der Waals surface area (Å²) < 4.78 is 5.35. The van der Waals surface area contributed by atoms with E-state index in [-0.39, 0.29) is 0 Å². The van der Waals surface area contributed by atoms with Gasteiger partial charge in [0.2, 0.25) is 5.88 Å². The van der Waals surface area contributed by atoms with Crippen LogP contribution in [0.25, 0.3) is 0 Å². The summed E-state index contributed by atoms with van der Waals surface area (Å²) >= 11 is 3.52. The highest BCUT2D eigenvalue weighted by Crippen LogP contribution is 2.15. The van der Waals surface area contributed by atoms with E-state index in [1.807, 2.05) is 32.2 Å². The second kappa shape index (κ2) is 5.95. The van der Waals surface area contributed by atoms with Crippen LogP contribution >= 0.6 is 15.9 Å². The summed E-state index contributed by atoms with van der Waals surface area (Å²) in [6, 6.07) is 5.82. The molecule has 0 spiro atoms. The maximum atomic E-state index is 5.35. The van der Waals surface area contributed by atoms with Gasteiger partial charge in [-0.05, 0) is 13.0 Å². The van der Waals surface area contributed by atoms with E-state index < -0.39 is 0 Å². The van der Waals surface area contributed by atoms with Crippen LogP contribution in [0.5, 0.6) is 5.88 Å². The molecule has 1 unspecified atom stereocenters. The predicted octanol–water partition coefficient (Wildman–Crippen LogP) is 2.70. The fourth-order valence-electron chi connectivity index (χ4n) is 1.32. The zero-order valence-electron chi connectivity index (χ0n) is 9.40. The van der Waals surface area contributed by atoms with Gasteiger partial charge in [-0.15, -0.1) is 0 Å². The molecule has 84 valence electrons. The summed E-state index contributed by atoms with van der Waals surface area (Å²) in [5, 5.41) is 0. The smallest absolute Gasteiger partial charge is 0.215 e. The quantitative estimate of drug-likeness (QED) is 0.771. The summed E-state index contributed by atoms with van der Waals surface area (Å²) in [7, 11) is 2.02. The molecule has 0 aliphatic carbocycles. The number of aromatic nitrogens is 1. The Balaban J connectivity index is 2.71. The van der Waals surface area contributed by atoms with Gasteiger partial charge in [0.25, 0.3) is 0 Å². The highest BCUT2D eigenvalue weighted by atomic mass is 79.9. The van der Waals surface area contributed by atoms with Crippen LogP contribution in [-0.4, -0.2) is 30.0 Å². The van der Waals surface area contributed by atoms with Gasteiger partial charge in [-0.25, -0.2) is 0 Å². The first-order valence-electron chi connectivity index (χ1n) is 5.08. The molecule has 0 bridgehead atoms. The molecule has 0 radical (unpaired) electrons. The van der Waals surface area contributed by atoms with Gasteiger partial charge < -0.3 is 9.64 Å². The van der Waals surface area contributed by atoms with Crippen LogP contribution in [0.3, 0.4) is 0 Å². The van der Waals surface area contributed by atoms with E-state index in [0.29, 0.717) is 17.3 Å². The highest BCUT2D eigenvalue weighted by molar-refractivity contribution is 9.09. The number of pyridine rings is 1. The van der Waals surface area contributed by atoms with Crippen LogP contribution in [0.4, 0.5) is 5.82 Å². The molecule has 0 saturated carbocycles. The van der Waals surface area contributed by atoms with Crippen molar-refractivity contribution in [3.05, 3.63) is 18.2 Å². The first-order chi connectivity index (χ1) is 7.13. The molecular formula is C11H17BrN2O. The van der Waals surface area contributed by atoms with Crippen LogP contribution in [0, 0.1) is 0 Å². The second-order valence-corrected chi connectivity index (χ2v) is 4.99. The maximum absolute atomic E-state index is 5.35. The van der Waals surface area contributed by atoms with Crippen molar-refractivity contribution < 1.29 is 4.74 Å². The Bertz CT molecular complexity index is 304.